The molecule has 1 N–H and O–H groups in total. The third-order valence-electron chi connectivity index (χ3n) is 5.46. The highest BCUT2D eigenvalue weighted by atomic mass is 32.2. The number of nitro groups is 1. The van der Waals surface area contributed by atoms with E-state index in [0.29, 0.717) is 31.4 Å². The summed E-state index contributed by atoms with van der Waals surface area (Å²) in [5, 5.41) is 13.4. The van der Waals surface area contributed by atoms with Gasteiger partial charge in [0, 0.05) is 23.6 Å². The lowest BCUT2D eigenvalue weighted by Crippen LogP contribution is -2.48. The number of β-lactam (4-membered cyclic amide) rings is 1. The number of ether oxygens (including phenoxy) is 2. The largest absolute Gasteiger partial charge is 0.456 e. The van der Waals surface area contributed by atoms with E-state index in [2.05, 4.69) is 5.32 Å². The number of allylic oxidation sites excluding steroid dienone is 1. The van der Waals surface area contributed by atoms with Crippen LogP contribution in [0.4, 0.5) is 10.5 Å². The van der Waals surface area contributed by atoms with Gasteiger partial charge in [0.1, 0.15) is 18.9 Å². The molecule has 2 aromatic carbocycles. The highest BCUT2D eigenvalue weighted by Crippen LogP contribution is 2.47. The Kier molecular flexibility index (Phi) is 7.66. The Hall–Kier alpha value is -3.86. The smallest absolute Gasteiger partial charge is 0.407 e. The molecule has 2 amide bonds. The van der Waals surface area contributed by atoms with Gasteiger partial charge in [0.2, 0.25) is 5.91 Å². The fraction of sp³-hybridized carbons (Fsp3) is 0.292. The van der Waals surface area contributed by atoms with Crippen LogP contribution in [-0.4, -0.2) is 39.7 Å². The average Bonchev–Trinajstić information content (AvgIpc) is 3.16. The number of thioether (sulfide) groups is 1. The van der Waals surface area contributed by atoms with Crippen molar-refractivity contribution in [2.24, 2.45) is 0 Å². The van der Waals surface area contributed by atoms with Crippen LogP contribution in [0.15, 0.2) is 65.2 Å². The van der Waals surface area contributed by atoms with Gasteiger partial charge in [-0.25, -0.2) is 9.59 Å². The Bertz CT molecular complexity index is 1150. The number of rotatable bonds is 10. The van der Waals surface area contributed by atoms with Gasteiger partial charge in [-0.3, -0.25) is 19.8 Å². The standard InChI is InChI=1S/C24H23N3O7S/c28-20-13-21-26(20)22(23(29)33-14-17-8-10-18(11-9-17)27(31)32)19(35-21)7-4-12-25-24(30)34-15-16-5-2-1-3-6-16/h1-3,5-6,8-11,21H,4,7,12-15H2,(H,25,30)/t21-/m1/s1. The quantitative estimate of drug-likeness (QED) is 0.172. The Morgan fingerprint density at radius 2 is 1.74 bits per heavy atom. The second kappa shape index (κ2) is 11.0. The number of nitrogens with zero attached hydrogens (tertiary/aromatic N) is 2. The van der Waals surface area contributed by atoms with Crippen molar-refractivity contribution in [2.75, 3.05) is 6.54 Å². The van der Waals surface area contributed by atoms with E-state index in [9.17, 15) is 24.5 Å². The second-order valence-electron chi connectivity index (χ2n) is 7.90. The van der Waals surface area contributed by atoms with Crippen LogP contribution in [0.3, 0.4) is 0 Å². The minimum absolute atomic E-state index is 0.0520. The number of hydrogen-bond donors (Lipinski definition) is 1. The molecule has 1 saturated heterocycles. The Labute approximate surface area is 205 Å². The van der Waals surface area contributed by atoms with Gasteiger partial charge in [-0.2, -0.15) is 0 Å². The molecule has 2 aliphatic rings. The van der Waals surface area contributed by atoms with E-state index in [4.69, 9.17) is 9.47 Å². The molecule has 182 valence electrons. The molecule has 0 saturated carbocycles. The summed E-state index contributed by atoms with van der Waals surface area (Å²) in [5.41, 5.74) is 1.68. The van der Waals surface area contributed by atoms with Crippen LogP contribution >= 0.6 is 11.8 Å². The maximum absolute atomic E-state index is 12.8. The van der Waals surface area contributed by atoms with Crippen LogP contribution in [0, 0.1) is 10.1 Å². The number of esters is 1. The number of carbonyl (C=O) groups excluding carboxylic acids is 3. The molecule has 1 atom stereocenters. The van der Waals surface area contributed by atoms with Crippen molar-refractivity contribution in [3.05, 3.63) is 86.4 Å². The number of benzene rings is 2. The predicted molar refractivity (Wildman–Crippen MR) is 127 cm³/mol. The van der Waals surface area contributed by atoms with E-state index >= 15 is 0 Å². The number of non-ortho nitro benzene ring substituents is 1. The molecule has 4 rings (SSSR count). The first-order valence-corrected chi connectivity index (χ1v) is 11.9. The molecule has 11 heteroatoms. The summed E-state index contributed by atoms with van der Waals surface area (Å²) in [7, 11) is 0. The van der Waals surface area contributed by atoms with E-state index in [1.54, 1.807) is 0 Å². The highest BCUT2D eigenvalue weighted by Gasteiger charge is 2.48. The summed E-state index contributed by atoms with van der Waals surface area (Å²) in [6, 6.07) is 15.1. The lowest BCUT2D eigenvalue weighted by atomic mass is 10.1. The van der Waals surface area contributed by atoms with Crippen LogP contribution in [-0.2, 0) is 32.3 Å². The zero-order valence-corrected chi connectivity index (χ0v) is 19.5. The molecule has 0 spiro atoms. The van der Waals surface area contributed by atoms with E-state index in [1.165, 1.54) is 40.9 Å². The molecule has 0 bridgehead atoms. The van der Waals surface area contributed by atoms with Crippen LogP contribution in [0.1, 0.15) is 30.4 Å². The van der Waals surface area contributed by atoms with E-state index in [0.717, 1.165) is 10.5 Å². The molecule has 0 aliphatic carbocycles. The van der Waals surface area contributed by atoms with Gasteiger partial charge in [-0.05, 0) is 36.1 Å². The highest BCUT2D eigenvalue weighted by molar-refractivity contribution is 8.04. The molecule has 0 unspecified atom stereocenters. The number of nitrogens with one attached hydrogen (secondary N) is 1. The van der Waals surface area contributed by atoms with Gasteiger partial charge >= 0.3 is 12.1 Å². The number of amides is 2. The van der Waals surface area contributed by atoms with Crippen molar-refractivity contribution in [3.8, 4) is 0 Å². The summed E-state index contributed by atoms with van der Waals surface area (Å²) < 4.78 is 10.6. The molecule has 2 aliphatic heterocycles. The number of fused-ring (bicyclic) bond motifs is 1. The van der Waals surface area contributed by atoms with Gasteiger partial charge < -0.3 is 14.8 Å². The van der Waals surface area contributed by atoms with Crippen molar-refractivity contribution >= 4 is 35.4 Å². The summed E-state index contributed by atoms with van der Waals surface area (Å²) in [6.45, 7) is 0.457. The number of carbonyl (C=O) groups is 3. The van der Waals surface area contributed by atoms with Gasteiger partial charge in [-0.1, -0.05) is 30.3 Å². The number of hydrogen-bond acceptors (Lipinski definition) is 8. The fourth-order valence-corrected chi connectivity index (χ4v) is 5.08. The van der Waals surface area contributed by atoms with Crippen molar-refractivity contribution in [2.45, 2.75) is 37.9 Å². The predicted octanol–water partition coefficient (Wildman–Crippen LogP) is 3.86. The van der Waals surface area contributed by atoms with Crippen LogP contribution in [0.2, 0.25) is 0 Å². The minimum Gasteiger partial charge on any atom is -0.456 e. The van der Waals surface area contributed by atoms with Gasteiger partial charge in [-0.15, -0.1) is 11.8 Å². The Morgan fingerprint density at radius 3 is 2.43 bits per heavy atom. The molecule has 1 fully saturated rings. The number of alkyl carbamates (subject to hydrolysis) is 1. The Balaban J connectivity index is 1.28. The fourth-order valence-electron chi connectivity index (χ4n) is 3.64. The Morgan fingerprint density at radius 1 is 1.06 bits per heavy atom. The van der Waals surface area contributed by atoms with Crippen LogP contribution in [0.25, 0.3) is 0 Å². The van der Waals surface area contributed by atoms with Gasteiger partial charge in [0.05, 0.1) is 16.7 Å². The zero-order valence-electron chi connectivity index (χ0n) is 18.7. The van der Waals surface area contributed by atoms with Crippen molar-refractivity contribution in [1.29, 1.82) is 0 Å². The molecule has 10 nitrogen and oxygen atoms in total. The maximum atomic E-state index is 12.8. The normalized spacial score (nSPS) is 16.4. The van der Waals surface area contributed by atoms with Crippen molar-refractivity contribution < 1.29 is 28.8 Å². The SMILES string of the molecule is O=C(NCCCC1=C(C(=O)OCc2ccc([N+](=O)[O-])cc2)N2C(=O)C[C@H]2S1)OCc1ccccc1. The van der Waals surface area contributed by atoms with E-state index in [-0.39, 0.29) is 35.9 Å². The molecular weight excluding hydrogens is 474 g/mol. The molecule has 2 aromatic rings. The third-order valence-corrected chi connectivity index (χ3v) is 6.79. The average molecular weight is 498 g/mol. The van der Waals surface area contributed by atoms with E-state index < -0.39 is 17.0 Å². The van der Waals surface area contributed by atoms with Crippen LogP contribution < -0.4 is 5.32 Å². The summed E-state index contributed by atoms with van der Waals surface area (Å²) in [5.74, 6) is -0.751. The lowest BCUT2D eigenvalue weighted by Gasteiger charge is -2.34. The zero-order chi connectivity index (χ0) is 24.8. The van der Waals surface area contributed by atoms with E-state index in [1.807, 2.05) is 30.3 Å². The second-order valence-corrected chi connectivity index (χ2v) is 9.18. The summed E-state index contributed by atoms with van der Waals surface area (Å²) in [4.78, 5) is 49.3. The van der Waals surface area contributed by atoms with Gasteiger partial charge in [0.25, 0.3) is 5.69 Å². The first-order chi connectivity index (χ1) is 16.9. The van der Waals surface area contributed by atoms with Crippen molar-refractivity contribution in [3.63, 3.8) is 0 Å². The van der Waals surface area contributed by atoms with Crippen molar-refractivity contribution in [1.82, 2.24) is 10.2 Å². The van der Waals surface area contributed by atoms with Crippen LogP contribution in [0.5, 0.6) is 0 Å². The third kappa shape index (κ3) is 5.99. The molecule has 35 heavy (non-hydrogen) atoms. The molecule has 2 heterocycles. The molecular formula is C24H23N3O7S. The first-order valence-electron chi connectivity index (χ1n) is 11.0. The monoisotopic (exact) mass is 497 g/mol. The summed E-state index contributed by atoms with van der Waals surface area (Å²) >= 11 is 1.46. The molecule has 0 radical (unpaired) electrons. The molecule has 0 aromatic heterocycles. The topological polar surface area (TPSA) is 128 Å². The first kappa shape index (κ1) is 24.3. The number of nitro benzene ring substituents is 1. The minimum atomic E-state index is -0.614. The summed E-state index contributed by atoms with van der Waals surface area (Å²) in [6.07, 6.45) is 0.878. The van der Waals surface area contributed by atoms with Gasteiger partial charge in [0.15, 0.2) is 0 Å². The maximum Gasteiger partial charge on any atom is 0.407 e. The lowest BCUT2D eigenvalue weighted by molar-refractivity contribution is -0.384.